The first-order valence-electron chi connectivity index (χ1n) is 10.2. The highest BCUT2D eigenvalue weighted by atomic mass is 35.5. The monoisotopic (exact) mass is 514 g/mol. The van der Waals surface area contributed by atoms with Crippen LogP contribution in [-0.4, -0.2) is 44.5 Å². The largest absolute Gasteiger partial charge is 0.461 e. The van der Waals surface area contributed by atoms with E-state index in [9.17, 15) is 22.4 Å². The Bertz CT molecular complexity index is 1250. The predicted octanol–water partition coefficient (Wildman–Crippen LogP) is 4.85. The van der Waals surface area contributed by atoms with Gasteiger partial charge in [-0.05, 0) is 30.7 Å². The van der Waals surface area contributed by atoms with Crippen molar-refractivity contribution in [1.29, 1.82) is 0 Å². The van der Waals surface area contributed by atoms with Gasteiger partial charge in [-0.15, -0.1) is 0 Å². The van der Waals surface area contributed by atoms with Crippen LogP contribution in [0.1, 0.15) is 28.7 Å². The van der Waals surface area contributed by atoms with E-state index in [0.717, 1.165) is 10.6 Å². The van der Waals surface area contributed by atoms with Crippen molar-refractivity contribution in [1.82, 2.24) is 19.0 Å². The number of halogens is 5. The smallest absolute Gasteiger partial charge is 0.347 e. The van der Waals surface area contributed by atoms with E-state index in [2.05, 4.69) is 15.4 Å². The fourth-order valence-corrected chi connectivity index (χ4v) is 4.17. The normalized spacial score (nSPS) is 14.2. The van der Waals surface area contributed by atoms with Crippen LogP contribution in [0.5, 0.6) is 0 Å². The predicted molar refractivity (Wildman–Crippen MR) is 123 cm³/mol. The second-order valence-corrected chi connectivity index (χ2v) is 8.88. The minimum atomic E-state index is -4.40. The third kappa shape index (κ3) is 5.39. The number of nitrogens with zero attached hydrogens (tertiary/aromatic N) is 5. The van der Waals surface area contributed by atoms with Crippen LogP contribution in [0, 0.1) is 5.82 Å². The molecule has 0 atom stereocenters. The Morgan fingerprint density at radius 2 is 2.03 bits per heavy atom. The molecule has 0 bridgehead atoms. The van der Waals surface area contributed by atoms with Crippen LogP contribution in [0.3, 0.4) is 0 Å². The van der Waals surface area contributed by atoms with Crippen molar-refractivity contribution in [3.8, 4) is 0 Å². The van der Waals surface area contributed by atoms with E-state index in [4.69, 9.17) is 11.6 Å². The van der Waals surface area contributed by atoms with Crippen LogP contribution in [0.25, 0.3) is 5.65 Å². The van der Waals surface area contributed by atoms with Crippen molar-refractivity contribution in [2.75, 3.05) is 18.1 Å². The number of hydrogen-bond donors (Lipinski definition) is 1. The molecule has 4 rings (SSSR count). The minimum Gasteiger partial charge on any atom is -0.347 e. The molecule has 7 nitrogen and oxygen atoms in total. The molecular formula is C21H19ClF4N6OS. The van der Waals surface area contributed by atoms with Gasteiger partial charge < -0.3 is 5.32 Å². The average molecular weight is 515 g/mol. The van der Waals surface area contributed by atoms with Crippen LogP contribution in [0.4, 0.5) is 23.2 Å². The van der Waals surface area contributed by atoms with Crippen LogP contribution in [0.15, 0.2) is 41.6 Å². The van der Waals surface area contributed by atoms with Crippen molar-refractivity contribution in [2.45, 2.75) is 25.4 Å². The van der Waals surface area contributed by atoms with Gasteiger partial charge in [0.2, 0.25) is 0 Å². The van der Waals surface area contributed by atoms with Crippen molar-refractivity contribution < 1.29 is 22.4 Å². The summed E-state index contributed by atoms with van der Waals surface area (Å²) in [6, 6.07) is 7.72. The topological polar surface area (TPSA) is 65.2 Å². The number of amides is 1. The first-order chi connectivity index (χ1) is 16.1. The molecule has 0 fully saturated rings. The lowest BCUT2D eigenvalue weighted by Gasteiger charge is -2.29. The maximum atomic E-state index is 14.7. The second kappa shape index (κ2) is 9.71. The molecule has 1 N–H and O–H groups in total. The number of aryl methyl sites for hydroxylation is 1. The number of imidazole rings is 1. The van der Waals surface area contributed by atoms with Crippen molar-refractivity contribution in [3.05, 3.63) is 64.3 Å². The van der Waals surface area contributed by atoms with E-state index in [1.807, 2.05) is 6.92 Å². The lowest BCUT2D eigenvalue weighted by atomic mass is 10.1. The van der Waals surface area contributed by atoms with Gasteiger partial charge in [-0.2, -0.15) is 18.3 Å². The third-order valence-corrected chi connectivity index (χ3v) is 5.99. The molecule has 180 valence electrons. The molecule has 1 aromatic carbocycles. The number of carbonyl (C=O) groups excluding carboxylic acids is 1. The summed E-state index contributed by atoms with van der Waals surface area (Å²) in [6.07, 6.45) is 3.18. The zero-order valence-electron chi connectivity index (χ0n) is 17.8. The van der Waals surface area contributed by atoms with Gasteiger partial charge in [0.15, 0.2) is 0 Å². The van der Waals surface area contributed by atoms with Crippen LogP contribution in [-0.2, 0) is 13.0 Å². The Labute approximate surface area is 201 Å². The van der Waals surface area contributed by atoms with Crippen LogP contribution < -0.4 is 10.3 Å². The van der Waals surface area contributed by atoms with Crippen molar-refractivity contribution in [3.63, 3.8) is 0 Å². The Morgan fingerprint density at radius 3 is 2.68 bits per heavy atom. The number of alkyl halides is 3. The molecular weight excluding hydrogens is 496 g/mol. The first-order valence-corrected chi connectivity index (χ1v) is 11.4. The number of pyridine rings is 1. The summed E-state index contributed by atoms with van der Waals surface area (Å²) in [5, 5.41) is 8.53. The van der Waals surface area contributed by atoms with Gasteiger partial charge in [-0.3, -0.25) is 18.5 Å². The molecule has 1 amide bonds. The number of aromatic nitrogens is 2. The lowest BCUT2D eigenvalue weighted by molar-refractivity contribution is -0.0351. The van der Waals surface area contributed by atoms with Crippen molar-refractivity contribution in [2.24, 2.45) is 5.10 Å². The fraction of sp³-hybridized carbons (Fsp3) is 0.286. The number of nitrogens with one attached hydrogen (secondary N) is 1. The van der Waals surface area contributed by atoms with Crippen molar-refractivity contribution >= 4 is 47.1 Å². The quantitative estimate of drug-likeness (QED) is 0.376. The van der Waals surface area contributed by atoms with Gasteiger partial charge in [0.05, 0.1) is 41.4 Å². The molecule has 0 saturated carbocycles. The number of benzene rings is 1. The Morgan fingerprint density at radius 1 is 1.24 bits per heavy atom. The molecule has 2 aromatic heterocycles. The summed E-state index contributed by atoms with van der Waals surface area (Å²) in [5.41, 5.74) is -2.25. The molecule has 0 saturated heterocycles. The molecule has 0 aliphatic carbocycles. The molecule has 3 aromatic rings. The SMILES string of the molecule is CCc1nc2ccc(Cl)cn2c1C(=O)NCc1ccc(N2CCN(SC(F)(F)F)C=N2)cc1F. The third-order valence-electron chi connectivity index (χ3n) is 5.05. The van der Waals surface area contributed by atoms with E-state index < -0.39 is 17.2 Å². The van der Waals surface area contributed by atoms with Gasteiger partial charge in [-0.25, -0.2) is 9.37 Å². The molecule has 1 aliphatic rings. The summed E-state index contributed by atoms with van der Waals surface area (Å²) in [4.78, 5) is 17.3. The number of anilines is 1. The fourth-order valence-electron chi connectivity index (χ4n) is 3.48. The highest BCUT2D eigenvalue weighted by Crippen LogP contribution is 2.33. The van der Waals surface area contributed by atoms with Gasteiger partial charge in [-0.1, -0.05) is 24.6 Å². The zero-order chi connectivity index (χ0) is 24.5. The van der Waals surface area contributed by atoms with E-state index in [1.165, 1.54) is 17.1 Å². The highest BCUT2D eigenvalue weighted by Gasteiger charge is 2.33. The van der Waals surface area contributed by atoms with Crippen LogP contribution >= 0.6 is 23.5 Å². The highest BCUT2D eigenvalue weighted by molar-refractivity contribution is 7.98. The van der Waals surface area contributed by atoms with Gasteiger partial charge in [0.1, 0.15) is 23.5 Å². The maximum Gasteiger partial charge on any atom is 0.461 e. The maximum absolute atomic E-state index is 14.7. The Kier molecular flexibility index (Phi) is 6.89. The Hall–Kier alpha value is -2.99. The summed E-state index contributed by atoms with van der Waals surface area (Å²) in [7, 11) is 0. The summed E-state index contributed by atoms with van der Waals surface area (Å²) in [5.74, 6) is -0.991. The first kappa shape index (κ1) is 24.1. The number of rotatable bonds is 6. The molecule has 3 heterocycles. The zero-order valence-corrected chi connectivity index (χ0v) is 19.4. The summed E-state index contributed by atoms with van der Waals surface area (Å²) < 4.78 is 54.7. The molecule has 1 aliphatic heterocycles. The molecule has 0 spiro atoms. The molecule has 0 unspecified atom stereocenters. The van der Waals surface area contributed by atoms with Gasteiger partial charge in [0, 0.05) is 18.3 Å². The number of hydrogen-bond acceptors (Lipinski definition) is 6. The van der Waals surface area contributed by atoms with E-state index >= 15 is 0 Å². The minimum absolute atomic E-state index is 0.0657. The lowest BCUT2D eigenvalue weighted by Crippen LogP contribution is -2.35. The molecule has 13 heteroatoms. The van der Waals surface area contributed by atoms with E-state index in [0.29, 0.717) is 34.2 Å². The van der Waals surface area contributed by atoms with E-state index in [-0.39, 0.29) is 37.1 Å². The Balaban J connectivity index is 1.44. The number of carbonyl (C=O) groups is 1. The van der Waals surface area contributed by atoms with Gasteiger partial charge >= 0.3 is 5.51 Å². The standard InChI is InChI=1S/C21H19ClF4N6OS/c1-2-17-19(31-11-14(22)4-6-18(31)29-17)20(33)27-10-13-3-5-15(9-16(13)23)32-8-7-30(12-28-32)34-21(24,25)26/h3-6,9,11-12H,2,7-8,10H2,1H3,(H,27,33). The average Bonchev–Trinajstić information content (AvgIpc) is 3.15. The van der Waals surface area contributed by atoms with E-state index in [1.54, 1.807) is 28.8 Å². The number of hydrazone groups is 1. The van der Waals surface area contributed by atoms with Crippen LogP contribution in [0.2, 0.25) is 5.02 Å². The number of fused-ring (bicyclic) bond motifs is 1. The molecule has 34 heavy (non-hydrogen) atoms. The second-order valence-electron chi connectivity index (χ2n) is 7.33. The van der Waals surface area contributed by atoms with Gasteiger partial charge in [0.25, 0.3) is 5.91 Å². The summed E-state index contributed by atoms with van der Waals surface area (Å²) in [6.45, 7) is 2.03. The summed E-state index contributed by atoms with van der Waals surface area (Å²) >= 11 is 5.78. The molecule has 0 radical (unpaired) electrons.